The fourth-order valence-electron chi connectivity index (χ4n) is 1.51. The number of hydrogen-bond donors (Lipinski definition) is 1. The first-order valence-electron chi connectivity index (χ1n) is 4.76. The van der Waals surface area contributed by atoms with Crippen LogP contribution in [0.1, 0.15) is 11.3 Å². The first kappa shape index (κ1) is 11.6. The Kier molecular flexibility index (Phi) is 2.65. The monoisotopic (exact) mass is 244 g/mol. The normalized spacial score (nSPS) is 11.8. The van der Waals surface area contributed by atoms with Crippen LogP contribution in [0.3, 0.4) is 0 Å². The van der Waals surface area contributed by atoms with Gasteiger partial charge in [0.15, 0.2) is 0 Å². The van der Waals surface area contributed by atoms with Gasteiger partial charge in [-0.05, 0) is 25.1 Å². The second-order valence-electron chi connectivity index (χ2n) is 3.60. The molecule has 1 heterocycles. The number of alkyl halides is 3. The number of nitrogens with one attached hydrogen (secondary N) is 1. The van der Waals surface area contributed by atoms with Crippen LogP contribution in [-0.2, 0) is 6.18 Å². The fraction of sp³-hybridized carbons (Fsp3) is 0.182. The predicted molar refractivity (Wildman–Crippen MR) is 53.7 cm³/mol. The molecule has 0 amide bonds. The van der Waals surface area contributed by atoms with Crippen LogP contribution in [0.4, 0.5) is 17.6 Å². The molecule has 6 heteroatoms. The molecular formula is C11H8F4N2. The van der Waals surface area contributed by atoms with Gasteiger partial charge in [-0.1, -0.05) is 0 Å². The summed E-state index contributed by atoms with van der Waals surface area (Å²) in [6.45, 7) is 1.66. The number of aromatic nitrogens is 2. The minimum absolute atomic E-state index is 0.00863. The van der Waals surface area contributed by atoms with Crippen molar-refractivity contribution < 1.29 is 17.6 Å². The molecular weight excluding hydrogens is 236 g/mol. The lowest BCUT2D eigenvalue weighted by molar-refractivity contribution is -0.137. The van der Waals surface area contributed by atoms with E-state index in [1.54, 1.807) is 6.92 Å². The quantitative estimate of drug-likeness (QED) is 0.763. The van der Waals surface area contributed by atoms with E-state index in [1.807, 2.05) is 0 Å². The largest absolute Gasteiger partial charge is 0.417 e. The van der Waals surface area contributed by atoms with Gasteiger partial charge in [0.05, 0.1) is 5.56 Å². The van der Waals surface area contributed by atoms with Crippen molar-refractivity contribution in [2.24, 2.45) is 0 Å². The van der Waals surface area contributed by atoms with Crippen molar-refractivity contribution in [3.8, 4) is 11.4 Å². The van der Waals surface area contributed by atoms with Gasteiger partial charge in [-0.3, -0.25) is 0 Å². The number of halogens is 4. The summed E-state index contributed by atoms with van der Waals surface area (Å²) in [5, 5.41) is 0. The molecule has 0 aliphatic rings. The molecule has 0 unspecified atom stereocenters. The Morgan fingerprint density at radius 2 is 1.94 bits per heavy atom. The zero-order chi connectivity index (χ0) is 12.6. The van der Waals surface area contributed by atoms with Crippen molar-refractivity contribution in [1.82, 2.24) is 9.97 Å². The lowest BCUT2D eigenvalue weighted by Gasteiger charge is -2.11. The average molecular weight is 244 g/mol. The van der Waals surface area contributed by atoms with E-state index in [0.717, 1.165) is 12.1 Å². The van der Waals surface area contributed by atoms with E-state index in [4.69, 9.17) is 0 Å². The molecule has 0 saturated heterocycles. The maximum Gasteiger partial charge on any atom is 0.417 e. The van der Waals surface area contributed by atoms with Gasteiger partial charge in [-0.15, -0.1) is 0 Å². The molecule has 1 aromatic heterocycles. The second-order valence-corrected chi connectivity index (χ2v) is 3.60. The van der Waals surface area contributed by atoms with Crippen LogP contribution in [0.5, 0.6) is 0 Å². The third kappa shape index (κ3) is 2.30. The molecule has 2 aromatic rings. The Balaban J connectivity index is 2.63. The summed E-state index contributed by atoms with van der Waals surface area (Å²) in [6.07, 6.45) is -3.15. The lowest BCUT2D eigenvalue weighted by Crippen LogP contribution is -2.08. The Labute approximate surface area is 94.3 Å². The summed E-state index contributed by atoms with van der Waals surface area (Å²) in [4.78, 5) is 6.43. The number of benzene rings is 1. The van der Waals surface area contributed by atoms with Crippen LogP contribution < -0.4 is 0 Å². The molecule has 0 aliphatic carbocycles. The highest BCUT2D eigenvalue weighted by Gasteiger charge is 2.34. The number of aromatic amines is 1. The van der Waals surface area contributed by atoms with Crippen molar-refractivity contribution in [3.05, 3.63) is 41.5 Å². The molecule has 0 saturated carbocycles. The van der Waals surface area contributed by atoms with Gasteiger partial charge in [-0.2, -0.15) is 13.2 Å². The minimum atomic E-state index is -4.54. The van der Waals surface area contributed by atoms with E-state index in [0.29, 0.717) is 11.8 Å². The van der Waals surface area contributed by atoms with Crippen LogP contribution in [0.25, 0.3) is 11.4 Å². The lowest BCUT2D eigenvalue weighted by atomic mass is 10.1. The molecule has 90 valence electrons. The van der Waals surface area contributed by atoms with Gasteiger partial charge < -0.3 is 4.98 Å². The topological polar surface area (TPSA) is 28.7 Å². The Hall–Kier alpha value is -1.85. The number of nitrogens with zero attached hydrogens (tertiary/aromatic N) is 1. The number of H-pyrrole nitrogens is 1. The standard InChI is InChI=1S/C11H8F4N2/c1-6-5-16-10(17-6)8-4-7(12)2-3-9(8)11(13,14)15/h2-5H,1H3,(H,16,17). The Morgan fingerprint density at radius 1 is 1.24 bits per heavy atom. The minimum Gasteiger partial charge on any atom is -0.342 e. The third-order valence-corrected chi connectivity index (χ3v) is 2.25. The predicted octanol–water partition coefficient (Wildman–Crippen LogP) is 3.54. The first-order chi connectivity index (χ1) is 7.88. The maximum atomic E-state index is 13.0. The smallest absolute Gasteiger partial charge is 0.342 e. The van der Waals surface area contributed by atoms with E-state index >= 15 is 0 Å². The van der Waals surface area contributed by atoms with E-state index in [1.165, 1.54) is 6.20 Å². The second kappa shape index (κ2) is 3.87. The number of rotatable bonds is 1. The van der Waals surface area contributed by atoms with Crippen LogP contribution in [0.2, 0.25) is 0 Å². The van der Waals surface area contributed by atoms with Gasteiger partial charge in [-0.25, -0.2) is 9.37 Å². The average Bonchev–Trinajstić information content (AvgIpc) is 2.62. The molecule has 17 heavy (non-hydrogen) atoms. The summed E-state index contributed by atoms with van der Waals surface area (Å²) in [5.41, 5.74) is -0.587. The van der Waals surface area contributed by atoms with Crippen molar-refractivity contribution >= 4 is 0 Å². The van der Waals surface area contributed by atoms with E-state index in [-0.39, 0.29) is 11.4 Å². The van der Waals surface area contributed by atoms with Gasteiger partial charge in [0.25, 0.3) is 0 Å². The van der Waals surface area contributed by atoms with Gasteiger partial charge in [0.2, 0.25) is 0 Å². The van der Waals surface area contributed by atoms with Gasteiger partial charge >= 0.3 is 6.18 Å². The first-order valence-corrected chi connectivity index (χ1v) is 4.76. The van der Waals surface area contributed by atoms with Crippen LogP contribution in [-0.4, -0.2) is 9.97 Å². The van der Waals surface area contributed by atoms with Crippen LogP contribution in [0.15, 0.2) is 24.4 Å². The molecule has 0 bridgehead atoms. The van der Waals surface area contributed by atoms with Crippen LogP contribution in [0, 0.1) is 12.7 Å². The zero-order valence-corrected chi connectivity index (χ0v) is 8.77. The van der Waals surface area contributed by atoms with E-state index < -0.39 is 17.6 Å². The molecule has 1 N–H and O–H groups in total. The summed E-state index contributed by atoms with van der Waals surface area (Å²) in [7, 11) is 0. The molecule has 0 spiro atoms. The third-order valence-electron chi connectivity index (χ3n) is 2.25. The SMILES string of the molecule is Cc1cnc(-c2cc(F)ccc2C(F)(F)F)[nH]1. The summed E-state index contributed by atoms with van der Waals surface area (Å²) in [5.74, 6) is -0.726. The Morgan fingerprint density at radius 3 is 2.47 bits per heavy atom. The van der Waals surface area contributed by atoms with Crippen molar-refractivity contribution in [3.63, 3.8) is 0 Å². The summed E-state index contributed by atoms with van der Waals surface area (Å²) < 4.78 is 51.1. The van der Waals surface area contributed by atoms with Crippen molar-refractivity contribution in [2.45, 2.75) is 13.1 Å². The van der Waals surface area contributed by atoms with Crippen molar-refractivity contribution in [2.75, 3.05) is 0 Å². The van der Waals surface area contributed by atoms with E-state index in [2.05, 4.69) is 9.97 Å². The highest BCUT2D eigenvalue weighted by Crippen LogP contribution is 2.36. The molecule has 0 fully saturated rings. The van der Waals surface area contributed by atoms with Gasteiger partial charge in [0.1, 0.15) is 11.6 Å². The number of aryl methyl sites for hydroxylation is 1. The fourth-order valence-corrected chi connectivity index (χ4v) is 1.51. The Bertz CT molecular complexity index is 543. The van der Waals surface area contributed by atoms with Gasteiger partial charge in [0, 0.05) is 17.5 Å². The summed E-state index contributed by atoms with van der Waals surface area (Å²) in [6, 6.07) is 2.31. The molecule has 0 atom stereocenters. The van der Waals surface area contributed by atoms with E-state index in [9.17, 15) is 17.6 Å². The summed E-state index contributed by atoms with van der Waals surface area (Å²) >= 11 is 0. The van der Waals surface area contributed by atoms with Crippen LogP contribution >= 0.6 is 0 Å². The molecule has 2 rings (SSSR count). The maximum absolute atomic E-state index is 13.0. The van der Waals surface area contributed by atoms with Crippen molar-refractivity contribution in [1.29, 1.82) is 0 Å². The zero-order valence-electron chi connectivity index (χ0n) is 8.77. The molecule has 2 nitrogen and oxygen atoms in total. The molecule has 1 aromatic carbocycles. The number of imidazole rings is 1. The molecule has 0 radical (unpaired) electrons. The number of hydrogen-bond acceptors (Lipinski definition) is 1. The highest BCUT2D eigenvalue weighted by molar-refractivity contribution is 5.61. The molecule has 0 aliphatic heterocycles. The highest BCUT2D eigenvalue weighted by atomic mass is 19.4.